The molecule has 182 valence electrons. The fourth-order valence-corrected chi connectivity index (χ4v) is 5.93. The molecule has 1 atom stereocenters. The highest BCUT2D eigenvalue weighted by Crippen LogP contribution is 2.57. The number of benzene rings is 2. The summed E-state index contributed by atoms with van der Waals surface area (Å²) in [7, 11) is 1.65. The molecule has 0 saturated heterocycles. The van der Waals surface area contributed by atoms with Crippen LogP contribution in [0.5, 0.6) is 0 Å². The summed E-state index contributed by atoms with van der Waals surface area (Å²) >= 11 is 0. The maximum atomic E-state index is 14.2. The lowest BCUT2D eigenvalue weighted by atomic mass is 9.63. The average molecular weight is 492 g/mol. The van der Waals surface area contributed by atoms with E-state index in [9.17, 15) is 25.0 Å². The van der Waals surface area contributed by atoms with Crippen LogP contribution in [0, 0.1) is 21.4 Å². The summed E-state index contributed by atoms with van der Waals surface area (Å²) in [6.07, 6.45) is 4.80. The van der Waals surface area contributed by atoms with E-state index in [4.69, 9.17) is 0 Å². The van der Waals surface area contributed by atoms with Crippen LogP contribution in [0.2, 0.25) is 0 Å². The normalized spacial score (nSPS) is 20.9. The maximum absolute atomic E-state index is 14.2. The van der Waals surface area contributed by atoms with Crippen LogP contribution in [0.25, 0.3) is 5.82 Å². The summed E-state index contributed by atoms with van der Waals surface area (Å²) in [5.41, 5.74) is 0.906. The molecule has 0 N–H and O–H groups in total. The predicted molar refractivity (Wildman–Crippen MR) is 136 cm³/mol. The van der Waals surface area contributed by atoms with Crippen LogP contribution in [0.4, 0.5) is 17.1 Å². The molecular weight excluding hydrogens is 470 g/mol. The number of hydrogen-bond donors (Lipinski definition) is 0. The van der Waals surface area contributed by atoms with Gasteiger partial charge in [0, 0.05) is 60.5 Å². The summed E-state index contributed by atoms with van der Waals surface area (Å²) in [5.74, 6) is -0.189. The van der Waals surface area contributed by atoms with E-state index >= 15 is 0 Å². The Labute approximate surface area is 212 Å². The van der Waals surface area contributed by atoms with Crippen LogP contribution in [0.1, 0.15) is 24.8 Å². The van der Waals surface area contributed by atoms with E-state index in [1.165, 1.54) is 17.0 Å². The quantitative estimate of drug-likeness (QED) is 0.393. The monoisotopic (exact) mass is 491 g/mol. The highest BCUT2D eigenvalue weighted by molar-refractivity contribution is 6.21. The van der Waals surface area contributed by atoms with Gasteiger partial charge in [0.15, 0.2) is 5.78 Å². The van der Waals surface area contributed by atoms with Crippen LogP contribution in [0.3, 0.4) is 0 Å². The molecule has 3 aliphatic rings. The van der Waals surface area contributed by atoms with Crippen LogP contribution >= 0.6 is 0 Å². The van der Waals surface area contributed by atoms with Crippen molar-refractivity contribution in [2.75, 3.05) is 16.8 Å². The van der Waals surface area contributed by atoms with E-state index in [1.54, 1.807) is 65.3 Å². The molecule has 1 spiro atoms. The number of carbonyl (C=O) groups excluding carboxylic acids is 2. The summed E-state index contributed by atoms with van der Waals surface area (Å²) in [6, 6.07) is 19.3. The van der Waals surface area contributed by atoms with Crippen LogP contribution in [0.15, 0.2) is 89.9 Å². The maximum Gasteiger partial charge on any atom is 0.271 e. The third-order valence-electron chi connectivity index (χ3n) is 7.39. The highest BCUT2D eigenvalue weighted by Gasteiger charge is 2.62. The Balaban J connectivity index is 1.78. The fourth-order valence-electron chi connectivity index (χ4n) is 5.93. The molecule has 2 aromatic carbocycles. The molecule has 37 heavy (non-hydrogen) atoms. The average Bonchev–Trinajstić information content (AvgIpc) is 3.52. The minimum atomic E-state index is -1.61. The second kappa shape index (κ2) is 8.03. The number of non-ortho nitro benzene ring substituents is 1. The number of likely N-dealkylation sites (N-methyl/N-ethyl adjacent to an activating group) is 1. The van der Waals surface area contributed by atoms with Gasteiger partial charge >= 0.3 is 0 Å². The first-order chi connectivity index (χ1) is 17.9. The van der Waals surface area contributed by atoms with Crippen molar-refractivity contribution in [3.05, 3.63) is 106 Å². The topological polar surface area (TPSA) is 112 Å². The van der Waals surface area contributed by atoms with Gasteiger partial charge in [0.05, 0.1) is 16.2 Å². The number of aromatic nitrogens is 1. The Morgan fingerprint density at radius 2 is 1.78 bits per heavy atom. The van der Waals surface area contributed by atoms with Gasteiger partial charge in [-0.2, -0.15) is 5.26 Å². The first kappa shape index (κ1) is 22.5. The van der Waals surface area contributed by atoms with E-state index in [-0.39, 0.29) is 34.9 Å². The van der Waals surface area contributed by atoms with E-state index < -0.39 is 10.3 Å². The molecule has 2 aliphatic heterocycles. The number of nitro benzene ring substituents is 1. The van der Waals surface area contributed by atoms with Gasteiger partial charge in [-0.3, -0.25) is 24.6 Å². The minimum absolute atomic E-state index is 0.103. The van der Waals surface area contributed by atoms with Crippen molar-refractivity contribution in [2.24, 2.45) is 0 Å². The number of carbonyl (C=O) groups is 2. The molecule has 9 nitrogen and oxygen atoms in total. The molecule has 6 rings (SSSR count). The molecule has 0 radical (unpaired) electrons. The molecule has 0 saturated carbocycles. The summed E-state index contributed by atoms with van der Waals surface area (Å²) in [4.78, 5) is 42.4. The number of amides is 1. The standard InChI is InChI=1S/C28H21N5O4/c1-30-22-11-3-2-10-20(22)28(27(30)35)21(17-29)26(31-14-4-5-15-31)32(23-12-7-13-24(34)25(23)28)18-8-6-9-19(16-18)33(36)37/h2-6,8-11,14-16H,7,12-13H2,1H3. The van der Waals surface area contributed by atoms with Crippen molar-refractivity contribution >= 4 is 34.6 Å². The number of nitrogens with zero attached hydrogens (tertiary/aromatic N) is 5. The fraction of sp³-hybridized carbons (Fsp3) is 0.179. The number of fused-ring (bicyclic) bond motifs is 3. The van der Waals surface area contributed by atoms with Crippen LogP contribution in [-0.4, -0.2) is 28.2 Å². The number of rotatable bonds is 3. The van der Waals surface area contributed by atoms with Gasteiger partial charge in [0.1, 0.15) is 17.3 Å². The largest absolute Gasteiger partial charge is 0.314 e. The first-order valence-electron chi connectivity index (χ1n) is 11.9. The Morgan fingerprint density at radius 1 is 1.03 bits per heavy atom. The van der Waals surface area contributed by atoms with Gasteiger partial charge in [0.2, 0.25) is 5.91 Å². The molecule has 3 heterocycles. The van der Waals surface area contributed by atoms with Gasteiger partial charge in [-0.25, -0.2) is 0 Å². The van der Waals surface area contributed by atoms with Crippen molar-refractivity contribution in [3.63, 3.8) is 0 Å². The highest BCUT2D eigenvalue weighted by atomic mass is 16.6. The third-order valence-corrected chi connectivity index (χ3v) is 7.39. The number of para-hydroxylation sites is 1. The van der Waals surface area contributed by atoms with E-state index in [0.717, 1.165) is 0 Å². The molecule has 0 fully saturated rings. The lowest BCUT2D eigenvalue weighted by Crippen LogP contribution is -2.51. The molecule has 3 aromatic rings. The minimum Gasteiger partial charge on any atom is -0.314 e. The van der Waals surface area contributed by atoms with Gasteiger partial charge in [0.25, 0.3) is 5.69 Å². The van der Waals surface area contributed by atoms with Gasteiger partial charge in [-0.15, -0.1) is 0 Å². The molecule has 1 amide bonds. The lowest BCUT2D eigenvalue weighted by Gasteiger charge is -2.45. The number of hydrogen-bond acceptors (Lipinski definition) is 6. The van der Waals surface area contributed by atoms with Crippen molar-refractivity contribution < 1.29 is 14.5 Å². The Morgan fingerprint density at radius 3 is 2.51 bits per heavy atom. The Hall–Kier alpha value is -4.97. The molecule has 1 aliphatic carbocycles. The SMILES string of the molecule is CN1C(=O)C2(C(C#N)=C(n3cccc3)N(c3cccc([N+](=O)[O-])c3)C3=C2C(=O)CCC3)c2ccccc21. The molecule has 0 bridgehead atoms. The number of nitriles is 1. The first-order valence-corrected chi connectivity index (χ1v) is 11.9. The molecule has 9 heteroatoms. The molecule has 1 unspecified atom stereocenters. The number of anilines is 2. The van der Waals surface area contributed by atoms with Gasteiger partial charge < -0.3 is 9.47 Å². The zero-order valence-corrected chi connectivity index (χ0v) is 19.9. The Bertz CT molecular complexity index is 1610. The predicted octanol–water partition coefficient (Wildman–Crippen LogP) is 4.53. The van der Waals surface area contributed by atoms with E-state index in [0.29, 0.717) is 41.3 Å². The van der Waals surface area contributed by atoms with E-state index in [1.807, 2.05) is 12.1 Å². The summed E-state index contributed by atoms with van der Waals surface area (Å²) < 4.78 is 1.73. The summed E-state index contributed by atoms with van der Waals surface area (Å²) in [5, 5.41) is 22.4. The van der Waals surface area contributed by atoms with Gasteiger partial charge in [-0.1, -0.05) is 24.3 Å². The Kier molecular flexibility index (Phi) is 4.88. The number of nitro groups is 1. The van der Waals surface area contributed by atoms with Crippen molar-refractivity contribution in [1.29, 1.82) is 5.26 Å². The van der Waals surface area contributed by atoms with Crippen LogP contribution < -0.4 is 9.80 Å². The zero-order valence-electron chi connectivity index (χ0n) is 19.9. The van der Waals surface area contributed by atoms with Crippen molar-refractivity contribution in [2.45, 2.75) is 24.7 Å². The molecule has 1 aromatic heterocycles. The number of allylic oxidation sites excluding steroid dienone is 1. The summed E-state index contributed by atoms with van der Waals surface area (Å²) in [6.45, 7) is 0. The second-order valence-electron chi connectivity index (χ2n) is 9.24. The second-order valence-corrected chi connectivity index (χ2v) is 9.24. The van der Waals surface area contributed by atoms with Gasteiger partial charge in [-0.05, 0) is 37.1 Å². The van der Waals surface area contributed by atoms with Crippen molar-refractivity contribution in [1.82, 2.24) is 4.57 Å². The third kappa shape index (κ3) is 2.90. The number of Topliss-reactive ketones (excluding diaryl/α,β-unsaturated/α-hetero) is 1. The lowest BCUT2D eigenvalue weighted by molar-refractivity contribution is -0.384. The van der Waals surface area contributed by atoms with Crippen LogP contribution in [-0.2, 0) is 15.0 Å². The molecular formula is C28H21N5O4. The van der Waals surface area contributed by atoms with Crippen molar-refractivity contribution in [3.8, 4) is 6.07 Å². The van der Waals surface area contributed by atoms with E-state index in [2.05, 4.69) is 6.07 Å². The smallest absolute Gasteiger partial charge is 0.271 e. The zero-order chi connectivity index (χ0) is 25.9. The number of ketones is 1.